The maximum absolute atomic E-state index is 11.5. The van der Waals surface area contributed by atoms with E-state index in [4.69, 9.17) is 10.1 Å². The van der Waals surface area contributed by atoms with E-state index in [1.165, 1.54) is 45.0 Å². The van der Waals surface area contributed by atoms with Crippen LogP contribution in [0.2, 0.25) is 0 Å². The molecule has 0 aliphatic heterocycles. The molecule has 8 nitrogen and oxygen atoms in total. The minimum atomic E-state index is -0.417. The molecule has 0 bridgehead atoms. The van der Waals surface area contributed by atoms with Crippen molar-refractivity contribution in [2.45, 2.75) is 104 Å². The van der Waals surface area contributed by atoms with Crippen LogP contribution in [0.4, 0.5) is 0 Å². The van der Waals surface area contributed by atoms with E-state index in [2.05, 4.69) is 146 Å². The molecule has 3 heterocycles. The molecule has 66 heavy (non-hydrogen) atoms. The number of benzene rings is 3. The zero-order valence-electron chi connectivity index (χ0n) is 43.0. The first kappa shape index (κ1) is 67.3. The fourth-order valence-corrected chi connectivity index (χ4v) is 5.77. The van der Waals surface area contributed by atoms with Gasteiger partial charge < -0.3 is 26.6 Å². The summed E-state index contributed by atoms with van der Waals surface area (Å²) in [6.45, 7) is 29.6. The average Bonchev–Trinajstić information content (AvgIpc) is 3.17. The monoisotopic (exact) mass is 1270 g/mol. The number of allylic oxidation sites excluding steroid dienone is 2. The molecule has 0 saturated carbocycles. The van der Waals surface area contributed by atoms with Crippen molar-refractivity contribution >= 4 is 12.3 Å². The molecule has 0 spiro atoms. The second-order valence-electron chi connectivity index (χ2n) is 17.5. The Bertz CT molecular complexity index is 2170. The van der Waals surface area contributed by atoms with Gasteiger partial charge in [-0.3, -0.25) is 14.6 Å². The summed E-state index contributed by atoms with van der Waals surface area (Å²) in [5, 5.41) is 18.0. The van der Waals surface area contributed by atoms with Gasteiger partial charge in [0.2, 0.25) is 0 Å². The first-order valence-electron chi connectivity index (χ1n) is 20.5. The first-order valence-corrected chi connectivity index (χ1v) is 20.5. The van der Waals surface area contributed by atoms with E-state index in [0.717, 1.165) is 45.3 Å². The van der Waals surface area contributed by atoms with Gasteiger partial charge >= 0.3 is 59.1 Å². The summed E-state index contributed by atoms with van der Waals surface area (Å²) >= 11 is 0. The van der Waals surface area contributed by atoms with Crippen molar-refractivity contribution in [1.82, 2.24) is 15.0 Å². The van der Waals surface area contributed by atoms with Gasteiger partial charge in [0.1, 0.15) is 5.76 Å². The molecule has 1 N–H and O–H groups in total. The summed E-state index contributed by atoms with van der Waals surface area (Å²) in [5.41, 5.74) is 16.3. The minimum absolute atomic E-state index is 0. The van der Waals surface area contributed by atoms with E-state index in [0.29, 0.717) is 0 Å². The Morgan fingerprint density at radius 2 is 0.939 bits per heavy atom. The molecule has 0 aliphatic rings. The van der Waals surface area contributed by atoms with E-state index in [1.54, 1.807) is 0 Å². The summed E-state index contributed by atoms with van der Waals surface area (Å²) in [6.07, 6.45) is 1.33. The number of aromatic nitrogens is 3. The average molecular weight is 1270 g/mol. The molecule has 0 aliphatic carbocycles. The molecule has 0 unspecified atom stereocenters. The third-order valence-electron chi connectivity index (χ3n) is 8.89. The molecule has 0 atom stereocenters. The molecule has 3 aromatic heterocycles. The number of hydrogen-bond donors (Lipinski definition) is 1. The fraction of sp³-hybridized carbons (Fsp3) is 0.315. The zero-order chi connectivity index (χ0) is 46.8. The topological polar surface area (TPSA) is 125 Å². The third-order valence-corrected chi connectivity index (χ3v) is 8.89. The molecule has 0 amide bonds. The number of carbonyl (C=O) groups is 2. The minimum Gasteiger partial charge on any atom is -1.00 e. The second-order valence-corrected chi connectivity index (χ2v) is 17.5. The molecular weight excluding hydrogens is 1200 g/mol. The number of ketones is 1. The van der Waals surface area contributed by atoms with Crippen molar-refractivity contribution in [3.63, 3.8) is 0 Å². The summed E-state index contributed by atoms with van der Waals surface area (Å²) in [7, 11) is 0. The van der Waals surface area contributed by atoms with Crippen LogP contribution >= 0.6 is 0 Å². The Hall–Kier alpha value is -2.95. The second kappa shape index (κ2) is 32.7. The van der Waals surface area contributed by atoms with Gasteiger partial charge in [-0.15, -0.1) is 70.8 Å². The SMILES string of the molecule is CC(C)(C)C(=O)C=C(O)C(C)(C)C.Cc1cc[c-]c(-c2cc(C)cc(C)n2)c1.Cc1cc[c-]c(-c2cc(C)cc(C)n2)c1.Cc1cccc(-c2cc(C)cc(C)n2)c1.O=CO[O-].[H-].[Ir].[Ir].[Na+].[Na+]. The van der Waals surface area contributed by atoms with Crippen LogP contribution in [0.5, 0.6) is 0 Å². The van der Waals surface area contributed by atoms with E-state index < -0.39 is 5.41 Å². The number of aryl methyl sites for hydroxylation is 9. The zero-order valence-corrected chi connectivity index (χ0v) is 50.8. The van der Waals surface area contributed by atoms with Crippen LogP contribution in [-0.2, 0) is 54.7 Å². The quantitative estimate of drug-likeness (QED) is 0.0409. The van der Waals surface area contributed by atoms with Gasteiger partial charge in [-0.25, -0.2) is 0 Å². The number of aliphatic hydroxyl groups excluding tert-OH is 1. The van der Waals surface area contributed by atoms with Gasteiger partial charge in [-0.05, 0) is 95.7 Å². The van der Waals surface area contributed by atoms with Crippen molar-refractivity contribution in [2.24, 2.45) is 10.8 Å². The normalized spacial score (nSPS) is 10.2. The molecule has 0 saturated heterocycles. The summed E-state index contributed by atoms with van der Waals surface area (Å²) in [6, 6.07) is 39.7. The van der Waals surface area contributed by atoms with E-state index in [1.807, 2.05) is 86.6 Å². The predicted octanol–water partition coefficient (Wildman–Crippen LogP) is 6.26. The fourth-order valence-electron chi connectivity index (χ4n) is 5.77. The Balaban J connectivity index is -0.000000376. The molecule has 6 aromatic rings. The molecule has 0 fully saturated rings. The molecular formula is C54H65Ir2N3Na2O5-2. The largest absolute Gasteiger partial charge is 1.00 e. The van der Waals surface area contributed by atoms with Crippen molar-refractivity contribution in [3.05, 3.63) is 171 Å². The van der Waals surface area contributed by atoms with E-state index >= 15 is 0 Å². The molecule has 2 radical (unpaired) electrons. The molecule has 3 aromatic carbocycles. The van der Waals surface area contributed by atoms with Crippen molar-refractivity contribution in [1.29, 1.82) is 0 Å². The van der Waals surface area contributed by atoms with Gasteiger partial charge in [-0.2, -0.15) is 0 Å². The number of nitrogens with zero attached hydrogens (tertiary/aromatic N) is 3. The maximum atomic E-state index is 11.5. The van der Waals surface area contributed by atoms with E-state index in [-0.39, 0.29) is 124 Å². The van der Waals surface area contributed by atoms with E-state index in [9.17, 15) is 9.90 Å². The third kappa shape index (κ3) is 26.0. The number of rotatable bonds is 5. The van der Waals surface area contributed by atoms with Crippen LogP contribution in [-0.4, -0.2) is 32.3 Å². The van der Waals surface area contributed by atoms with Crippen LogP contribution in [0.15, 0.2) is 109 Å². The van der Waals surface area contributed by atoms with Gasteiger partial charge in [0.25, 0.3) is 6.47 Å². The van der Waals surface area contributed by atoms with Gasteiger partial charge in [-0.1, -0.05) is 102 Å². The van der Waals surface area contributed by atoms with Crippen molar-refractivity contribution in [3.8, 4) is 33.8 Å². The standard InChI is InChI=1S/C14H15N.2C14H14N.C11H20O2.CH2O3.2Ir.2Na.H/c3*1-10-5-4-6-13(8-10)14-9-11(2)7-12(3)15-14;1-10(2,3)8(12)7-9(13)11(4,5)6;2-1-4-3;;;;;/h4-9H,1-3H3;2*4-5,7-9H,1-3H3;7,12H,1-6H3;1,3H;;;;;/q;2*-1;;;;;2*+1;-1/p-1. The van der Waals surface area contributed by atoms with Gasteiger partial charge in [0, 0.05) is 79.8 Å². The van der Waals surface area contributed by atoms with Gasteiger partial charge in [0.15, 0.2) is 5.78 Å². The molecule has 6 rings (SSSR count). The van der Waals surface area contributed by atoms with Crippen molar-refractivity contribution < 1.29 is 126 Å². The predicted molar refractivity (Wildman–Crippen MR) is 252 cm³/mol. The number of pyridine rings is 3. The van der Waals surface area contributed by atoms with Crippen LogP contribution in [0.3, 0.4) is 0 Å². The number of carbonyl (C=O) groups excluding carboxylic acids is 2. The molecule has 348 valence electrons. The Morgan fingerprint density at radius 3 is 1.26 bits per heavy atom. The smallest absolute Gasteiger partial charge is 1.00 e. The van der Waals surface area contributed by atoms with Crippen LogP contribution in [0.25, 0.3) is 33.8 Å². The van der Waals surface area contributed by atoms with Crippen LogP contribution in [0, 0.1) is 85.3 Å². The first-order chi connectivity index (χ1) is 28.9. The summed E-state index contributed by atoms with van der Waals surface area (Å²) in [5.74, 6) is 0.104. The van der Waals surface area contributed by atoms with Crippen molar-refractivity contribution in [2.75, 3.05) is 0 Å². The van der Waals surface area contributed by atoms with Crippen LogP contribution < -0.4 is 64.4 Å². The number of aliphatic hydroxyl groups is 1. The van der Waals surface area contributed by atoms with Gasteiger partial charge in [0.05, 0.1) is 5.69 Å². The maximum Gasteiger partial charge on any atom is 1.00 e. The Labute approximate surface area is 468 Å². The summed E-state index contributed by atoms with van der Waals surface area (Å²) in [4.78, 5) is 36.3. The Kier molecular flexibility index (Phi) is 33.4. The van der Waals surface area contributed by atoms with Crippen LogP contribution in [0.1, 0.15) is 93.4 Å². The number of hydrogen-bond acceptors (Lipinski definition) is 8. The summed E-state index contributed by atoms with van der Waals surface area (Å²) < 4.78 is 0. The Morgan fingerprint density at radius 1 is 0.576 bits per heavy atom. The molecule has 12 heteroatoms.